The van der Waals surface area contributed by atoms with E-state index in [1.807, 2.05) is 20.0 Å². The minimum absolute atomic E-state index is 0. The van der Waals surface area contributed by atoms with E-state index in [2.05, 4.69) is 16.9 Å². The van der Waals surface area contributed by atoms with Gasteiger partial charge in [0.05, 0.1) is 6.33 Å². The molecule has 2 heteroatoms. The Labute approximate surface area is 57.8 Å². The van der Waals surface area contributed by atoms with E-state index in [-0.39, 0.29) is 1.43 Å². The predicted molar refractivity (Wildman–Crippen MR) is 41.4 cm³/mol. The topological polar surface area (TPSA) is 28.7 Å². The van der Waals surface area contributed by atoms with Crippen molar-refractivity contribution in [2.75, 3.05) is 0 Å². The van der Waals surface area contributed by atoms with Gasteiger partial charge >= 0.3 is 0 Å². The van der Waals surface area contributed by atoms with Crippen LogP contribution in [0.3, 0.4) is 0 Å². The first-order chi connectivity index (χ1) is 4.43. The van der Waals surface area contributed by atoms with Gasteiger partial charge < -0.3 is 4.98 Å². The molecule has 0 bridgehead atoms. The second-order valence-corrected chi connectivity index (χ2v) is 1.43. The van der Waals surface area contributed by atoms with E-state index in [9.17, 15) is 0 Å². The maximum Gasteiger partial charge on any atom is 0.0921 e. The minimum atomic E-state index is 0. The molecule has 0 aliphatic heterocycles. The predicted octanol–water partition coefficient (Wildman–Crippen LogP) is 2.24. The van der Waals surface area contributed by atoms with Gasteiger partial charge in [0.2, 0.25) is 0 Å². The molecule has 0 unspecified atom stereocenters. The molecule has 0 spiro atoms. The van der Waals surface area contributed by atoms with Crippen molar-refractivity contribution in [3.05, 3.63) is 18.2 Å². The molecule has 9 heavy (non-hydrogen) atoms. The molecule has 0 aliphatic rings. The highest BCUT2D eigenvalue weighted by molar-refractivity contribution is 4.92. The molecule has 0 saturated carbocycles. The molecule has 0 radical (unpaired) electrons. The standard InChI is InChI=1S/C5H8N2.C2H6.H2/c1-2-5-3-6-4-7-5;1-2;/h3-4H,2H2,1H3,(H,6,7);1-2H3;1H. The molecule has 54 valence electrons. The second kappa shape index (κ2) is 5.35. The first-order valence-electron chi connectivity index (χ1n) is 3.40. The highest BCUT2D eigenvalue weighted by atomic mass is 14.8. The van der Waals surface area contributed by atoms with E-state index < -0.39 is 0 Å². The van der Waals surface area contributed by atoms with Gasteiger partial charge in [0.1, 0.15) is 0 Å². The van der Waals surface area contributed by atoms with Crippen LogP contribution < -0.4 is 0 Å². The Hall–Kier alpha value is -0.790. The summed E-state index contributed by atoms with van der Waals surface area (Å²) in [7, 11) is 0. The van der Waals surface area contributed by atoms with Gasteiger partial charge in [0.15, 0.2) is 0 Å². The van der Waals surface area contributed by atoms with Crippen LogP contribution in [0.2, 0.25) is 0 Å². The molecule has 1 N–H and O–H groups in total. The number of imidazole rings is 1. The monoisotopic (exact) mass is 128 g/mol. The quantitative estimate of drug-likeness (QED) is 0.617. The summed E-state index contributed by atoms with van der Waals surface area (Å²) in [5.41, 5.74) is 1.19. The van der Waals surface area contributed by atoms with Crippen molar-refractivity contribution in [2.24, 2.45) is 0 Å². The van der Waals surface area contributed by atoms with E-state index in [0.29, 0.717) is 0 Å². The van der Waals surface area contributed by atoms with Crippen LogP contribution in [0.4, 0.5) is 0 Å². The average Bonchev–Trinajstić information content (AvgIpc) is 2.43. The van der Waals surface area contributed by atoms with E-state index in [4.69, 9.17) is 0 Å². The van der Waals surface area contributed by atoms with Crippen molar-refractivity contribution in [3.63, 3.8) is 0 Å². The zero-order valence-corrected chi connectivity index (χ0v) is 6.31. The molecule has 0 amide bonds. The number of hydrogen-bond acceptors (Lipinski definition) is 1. The molecule has 0 atom stereocenters. The van der Waals surface area contributed by atoms with E-state index in [0.717, 1.165) is 6.42 Å². The number of nitrogens with one attached hydrogen (secondary N) is 1. The number of H-pyrrole nitrogens is 1. The van der Waals surface area contributed by atoms with Crippen molar-refractivity contribution in [1.82, 2.24) is 9.97 Å². The van der Waals surface area contributed by atoms with Crippen LogP contribution in [0.5, 0.6) is 0 Å². The number of rotatable bonds is 1. The van der Waals surface area contributed by atoms with Crippen LogP contribution in [0.25, 0.3) is 0 Å². The number of nitrogens with zero attached hydrogens (tertiary/aromatic N) is 1. The van der Waals surface area contributed by atoms with Crippen LogP contribution in [0.15, 0.2) is 12.5 Å². The SMILES string of the molecule is CC.CCc1cnc[nH]1.[HH]. The average molecular weight is 128 g/mol. The fourth-order valence-corrected chi connectivity index (χ4v) is 0.478. The Bertz CT molecular complexity index is 126. The van der Waals surface area contributed by atoms with Crippen molar-refractivity contribution >= 4 is 0 Å². The van der Waals surface area contributed by atoms with Gasteiger partial charge in [-0.25, -0.2) is 4.98 Å². The van der Waals surface area contributed by atoms with Gasteiger partial charge in [-0.3, -0.25) is 0 Å². The van der Waals surface area contributed by atoms with Crippen molar-refractivity contribution < 1.29 is 1.43 Å². The Balaban J connectivity index is 0. The molecule has 1 rings (SSSR count). The molecule has 1 heterocycles. The summed E-state index contributed by atoms with van der Waals surface area (Å²) in [6, 6.07) is 0. The van der Waals surface area contributed by atoms with Gasteiger partial charge in [0.25, 0.3) is 0 Å². The molecular weight excluding hydrogens is 112 g/mol. The Morgan fingerprint density at radius 1 is 1.67 bits per heavy atom. The number of aromatic nitrogens is 2. The fourth-order valence-electron chi connectivity index (χ4n) is 0.478. The highest BCUT2D eigenvalue weighted by Gasteiger charge is 1.82. The lowest BCUT2D eigenvalue weighted by atomic mass is 10.4. The molecule has 0 saturated heterocycles. The first-order valence-corrected chi connectivity index (χ1v) is 3.40. The van der Waals surface area contributed by atoms with Gasteiger partial charge in [-0.05, 0) is 6.42 Å². The van der Waals surface area contributed by atoms with Gasteiger partial charge in [-0.2, -0.15) is 0 Å². The maximum absolute atomic E-state index is 3.84. The number of hydrogen-bond donors (Lipinski definition) is 1. The van der Waals surface area contributed by atoms with Crippen molar-refractivity contribution in [1.29, 1.82) is 0 Å². The van der Waals surface area contributed by atoms with Gasteiger partial charge in [-0.1, -0.05) is 20.8 Å². The molecule has 1 aromatic heterocycles. The lowest BCUT2D eigenvalue weighted by Crippen LogP contribution is -1.73. The first kappa shape index (κ1) is 8.21. The number of aryl methyl sites for hydroxylation is 1. The number of aromatic amines is 1. The Kier molecular flexibility index (Phi) is 4.88. The Morgan fingerprint density at radius 2 is 2.33 bits per heavy atom. The lowest BCUT2D eigenvalue weighted by Gasteiger charge is -1.79. The molecule has 0 aliphatic carbocycles. The van der Waals surface area contributed by atoms with Crippen molar-refractivity contribution in [3.8, 4) is 0 Å². The largest absolute Gasteiger partial charge is 0.349 e. The van der Waals surface area contributed by atoms with Crippen LogP contribution in [-0.4, -0.2) is 9.97 Å². The molecule has 2 nitrogen and oxygen atoms in total. The van der Waals surface area contributed by atoms with Crippen LogP contribution in [0, 0.1) is 0 Å². The maximum atomic E-state index is 3.84. The van der Waals surface area contributed by atoms with E-state index in [1.54, 1.807) is 6.33 Å². The second-order valence-electron chi connectivity index (χ2n) is 1.43. The van der Waals surface area contributed by atoms with Crippen molar-refractivity contribution in [2.45, 2.75) is 27.2 Å². The van der Waals surface area contributed by atoms with Gasteiger partial charge in [-0.15, -0.1) is 0 Å². The zero-order chi connectivity index (χ0) is 7.11. The third-order valence-electron chi connectivity index (χ3n) is 0.936. The smallest absolute Gasteiger partial charge is 0.0921 e. The fraction of sp³-hybridized carbons (Fsp3) is 0.571. The zero-order valence-electron chi connectivity index (χ0n) is 6.31. The third-order valence-corrected chi connectivity index (χ3v) is 0.936. The summed E-state index contributed by atoms with van der Waals surface area (Å²) in [5.74, 6) is 0. The summed E-state index contributed by atoms with van der Waals surface area (Å²) in [6.07, 6.45) is 4.57. The molecular formula is C7H16N2. The molecule has 0 aromatic carbocycles. The highest BCUT2D eigenvalue weighted by Crippen LogP contribution is 1.88. The summed E-state index contributed by atoms with van der Waals surface area (Å²) >= 11 is 0. The molecule has 1 aromatic rings. The normalized spacial score (nSPS) is 7.89. The third kappa shape index (κ3) is 2.90. The summed E-state index contributed by atoms with van der Waals surface area (Å²) < 4.78 is 0. The van der Waals surface area contributed by atoms with Gasteiger partial charge in [0, 0.05) is 13.3 Å². The van der Waals surface area contributed by atoms with Crippen LogP contribution in [-0.2, 0) is 6.42 Å². The van der Waals surface area contributed by atoms with Crippen LogP contribution in [0.1, 0.15) is 27.9 Å². The van der Waals surface area contributed by atoms with E-state index >= 15 is 0 Å². The summed E-state index contributed by atoms with van der Waals surface area (Å²) in [4.78, 5) is 6.81. The van der Waals surface area contributed by atoms with E-state index in [1.165, 1.54) is 5.69 Å². The summed E-state index contributed by atoms with van der Waals surface area (Å²) in [6.45, 7) is 6.09. The lowest BCUT2D eigenvalue weighted by molar-refractivity contribution is 1.06. The Morgan fingerprint density at radius 3 is 2.56 bits per heavy atom. The minimum Gasteiger partial charge on any atom is -0.349 e. The summed E-state index contributed by atoms with van der Waals surface area (Å²) in [5, 5.41) is 0. The molecule has 0 fully saturated rings. The van der Waals surface area contributed by atoms with Crippen LogP contribution >= 0.6 is 0 Å².